The number of amides is 2. The topological polar surface area (TPSA) is 108 Å². The number of nitrogens with zero attached hydrogens (tertiary/aromatic N) is 2. The zero-order valence-electron chi connectivity index (χ0n) is 17.8. The molecule has 3 rings (SSSR count). The van der Waals surface area contributed by atoms with Crippen LogP contribution in [0.1, 0.15) is 41.8 Å². The number of fused-ring (bicyclic) bond motifs is 1. The van der Waals surface area contributed by atoms with Gasteiger partial charge in [-0.15, -0.1) is 4.40 Å². The Morgan fingerprint density at radius 3 is 2.45 bits per heavy atom. The van der Waals surface area contributed by atoms with E-state index < -0.39 is 10.0 Å². The van der Waals surface area contributed by atoms with Crippen LogP contribution in [-0.4, -0.2) is 50.6 Å². The lowest BCUT2D eigenvalue weighted by atomic mass is 10.1. The molecule has 0 saturated heterocycles. The van der Waals surface area contributed by atoms with Gasteiger partial charge in [-0.25, -0.2) is 0 Å². The summed E-state index contributed by atoms with van der Waals surface area (Å²) in [6, 6.07) is 13.7. The number of amidine groups is 1. The Morgan fingerprint density at radius 2 is 1.77 bits per heavy atom. The van der Waals surface area contributed by atoms with Crippen molar-refractivity contribution in [2.75, 3.05) is 13.6 Å². The van der Waals surface area contributed by atoms with Crippen molar-refractivity contribution < 1.29 is 18.0 Å². The summed E-state index contributed by atoms with van der Waals surface area (Å²) < 4.78 is 28.2. The van der Waals surface area contributed by atoms with Crippen LogP contribution >= 0.6 is 0 Å². The lowest BCUT2D eigenvalue weighted by molar-refractivity contribution is -0.121. The van der Waals surface area contributed by atoms with E-state index in [1.807, 2.05) is 13.8 Å². The van der Waals surface area contributed by atoms with Gasteiger partial charge in [-0.1, -0.05) is 31.2 Å². The molecule has 2 amide bonds. The molecule has 1 aliphatic heterocycles. The molecular weight excluding hydrogens is 416 g/mol. The van der Waals surface area contributed by atoms with E-state index in [1.54, 1.807) is 49.5 Å². The summed E-state index contributed by atoms with van der Waals surface area (Å²) in [5, 5.41) is 5.71. The van der Waals surface area contributed by atoms with Gasteiger partial charge in [-0.2, -0.15) is 8.42 Å². The molecule has 2 aromatic carbocycles. The molecule has 0 saturated carbocycles. The monoisotopic (exact) mass is 442 g/mol. The number of benzene rings is 2. The van der Waals surface area contributed by atoms with E-state index in [-0.39, 0.29) is 35.1 Å². The van der Waals surface area contributed by atoms with Crippen molar-refractivity contribution >= 4 is 27.7 Å². The zero-order chi connectivity index (χ0) is 22.6. The Bertz CT molecular complexity index is 1110. The molecule has 1 atom stereocenters. The number of hydrogen-bond acceptors (Lipinski definition) is 5. The van der Waals surface area contributed by atoms with E-state index in [9.17, 15) is 18.0 Å². The average molecular weight is 443 g/mol. The Kier molecular flexibility index (Phi) is 6.74. The van der Waals surface area contributed by atoms with Crippen LogP contribution in [0.2, 0.25) is 0 Å². The Hall–Kier alpha value is -3.20. The van der Waals surface area contributed by atoms with Gasteiger partial charge in [0.05, 0.1) is 6.54 Å². The van der Waals surface area contributed by atoms with Crippen molar-refractivity contribution in [3.8, 4) is 0 Å². The van der Waals surface area contributed by atoms with E-state index in [1.165, 1.54) is 11.0 Å². The molecule has 9 heteroatoms. The normalized spacial score (nSPS) is 14.9. The largest absolute Gasteiger partial charge is 0.350 e. The van der Waals surface area contributed by atoms with E-state index in [4.69, 9.17) is 0 Å². The summed E-state index contributed by atoms with van der Waals surface area (Å²) in [5.41, 5.74) is 1.90. The second-order valence-corrected chi connectivity index (χ2v) is 9.07. The first kappa shape index (κ1) is 22.5. The van der Waals surface area contributed by atoms with E-state index in [2.05, 4.69) is 15.0 Å². The molecule has 0 aromatic heterocycles. The van der Waals surface area contributed by atoms with Gasteiger partial charge in [0.2, 0.25) is 5.91 Å². The first-order chi connectivity index (χ1) is 14.7. The number of carbonyl (C=O) groups is 2. The van der Waals surface area contributed by atoms with E-state index in [0.29, 0.717) is 17.7 Å². The van der Waals surface area contributed by atoms with Crippen LogP contribution in [0.25, 0.3) is 0 Å². The quantitative estimate of drug-likeness (QED) is 0.681. The smallest absolute Gasteiger partial charge is 0.285 e. The fourth-order valence-electron chi connectivity index (χ4n) is 3.09. The number of rotatable bonds is 7. The number of nitrogens with one attached hydrogen (secondary N) is 2. The third-order valence-electron chi connectivity index (χ3n) is 5.05. The molecule has 2 N–H and O–H groups in total. The molecule has 31 heavy (non-hydrogen) atoms. The molecule has 0 spiro atoms. The highest BCUT2D eigenvalue weighted by molar-refractivity contribution is 7.90. The number of sulfonamides is 1. The fraction of sp³-hybridized carbons (Fsp3) is 0.318. The van der Waals surface area contributed by atoms with Crippen molar-refractivity contribution in [2.24, 2.45) is 4.40 Å². The van der Waals surface area contributed by atoms with Crippen molar-refractivity contribution in [1.82, 2.24) is 15.5 Å². The number of carbonyl (C=O) groups excluding carboxylic acids is 2. The second kappa shape index (κ2) is 9.30. The minimum atomic E-state index is -3.73. The molecule has 0 aliphatic carbocycles. The minimum absolute atomic E-state index is 0.0436. The molecule has 2 aromatic rings. The van der Waals surface area contributed by atoms with Crippen LogP contribution < -0.4 is 10.6 Å². The lowest BCUT2D eigenvalue weighted by Gasteiger charge is -2.18. The molecule has 0 unspecified atom stereocenters. The summed E-state index contributed by atoms with van der Waals surface area (Å²) in [6.07, 6.45) is 0.855. The van der Waals surface area contributed by atoms with Gasteiger partial charge in [0, 0.05) is 30.8 Å². The zero-order valence-corrected chi connectivity index (χ0v) is 18.6. The lowest BCUT2D eigenvalue weighted by Crippen LogP contribution is -2.38. The highest BCUT2D eigenvalue weighted by Crippen LogP contribution is 2.26. The van der Waals surface area contributed by atoms with Crippen LogP contribution in [0.4, 0.5) is 0 Å². The van der Waals surface area contributed by atoms with E-state index in [0.717, 1.165) is 12.0 Å². The maximum atomic E-state index is 12.4. The van der Waals surface area contributed by atoms with Crippen LogP contribution in [0, 0.1) is 0 Å². The van der Waals surface area contributed by atoms with Crippen molar-refractivity contribution in [2.45, 2.75) is 37.8 Å². The van der Waals surface area contributed by atoms with Gasteiger partial charge >= 0.3 is 0 Å². The standard InChI is InChI=1S/C22H26N4O4S/c1-4-15(2)24-22(28)17-11-9-16(10-12-17)13-23-20(27)14-26(3)21-18-7-5-6-8-19(18)31(29,30)25-21/h5-12,15H,4,13-14H2,1-3H3,(H,23,27)(H,24,28)/t15-/m0/s1. The van der Waals surface area contributed by atoms with E-state index >= 15 is 0 Å². The molecule has 1 heterocycles. The summed E-state index contributed by atoms with van der Waals surface area (Å²) in [4.78, 5) is 26.2. The van der Waals surface area contributed by atoms with Gasteiger partial charge in [0.15, 0.2) is 5.84 Å². The Balaban J connectivity index is 1.56. The molecule has 0 bridgehead atoms. The third-order valence-corrected chi connectivity index (χ3v) is 6.38. The van der Waals surface area contributed by atoms with Crippen molar-refractivity contribution in [3.05, 3.63) is 65.2 Å². The van der Waals surface area contributed by atoms with Gasteiger partial charge in [-0.05, 0) is 43.2 Å². The van der Waals surface area contributed by atoms with Gasteiger partial charge in [-0.3, -0.25) is 9.59 Å². The van der Waals surface area contributed by atoms with Crippen LogP contribution in [0.3, 0.4) is 0 Å². The molecule has 0 radical (unpaired) electrons. The fourth-order valence-corrected chi connectivity index (χ4v) is 4.35. The van der Waals surface area contributed by atoms with Gasteiger partial charge in [0.1, 0.15) is 4.90 Å². The first-order valence-corrected chi connectivity index (χ1v) is 11.5. The summed E-state index contributed by atoms with van der Waals surface area (Å²) in [6.45, 7) is 4.20. The molecule has 1 aliphatic rings. The minimum Gasteiger partial charge on any atom is -0.350 e. The van der Waals surface area contributed by atoms with Crippen LogP contribution in [0.15, 0.2) is 57.8 Å². The highest BCUT2D eigenvalue weighted by atomic mass is 32.2. The summed E-state index contributed by atoms with van der Waals surface area (Å²) in [5.74, 6) is -0.146. The molecular formula is C22H26N4O4S. The van der Waals surface area contributed by atoms with Crippen LogP contribution in [0.5, 0.6) is 0 Å². The SMILES string of the molecule is CC[C@H](C)NC(=O)c1ccc(CNC(=O)CN(C)C2=NS(=O)(=O)c3ccccc32)cc1. The maximum Gasteiger partial charge on any atom is 0.285 e. The Morgan fingerprint density at radius 1 is 1.10 bits per heavy atom. The molecule has 8 nitrogen and oxygen atoms in total. The van der Waals surface area contributed by atoms with Crippen molar-refractivity contribution in [1.29, 1.82) is 0 Å². The van der Waals surface area contributed by atoms with Crippen molar-refractivity contribution in [3.63, 3.8) is 0 Å². The highest BCUT2D eigenvalue weighted by Gasteiger charge is 2.30. The predicted octanol–water partition coefficient (Wildman–Crippen LogP) is 1.91. The summed E-state index contributed by atoms with van der Waals surface area (Å²) in [7, 11) is -2.10. The van der Waals surface area contributed by atoms with Gasteiger partial charge in [0.25, 0.3) is 15.9 Å². The first-order valence-electron chi connectivity index (χ1n) is 10.0. The molecule has 0 fully saturated rings. The number of likely N-dealkylation sites (N-methyl/N-ethyl adjacent to an activating group) is 1. The van der Waals surface area contributed by atoms with Crippen LogP contribution in [-0.2, 0) is 21.4 Å². The average Bonchev–Trinajstić information content (AvgIpc) is 3.04. The third kappa shape index (κ3) is 5.29. The maximum absolute atomic E-state index is 12.4. The van der Waals surface area contributed by atoms with Gasteiger partial charge < -0.3 is 15.5 Å². The molecule has 164 valence electrons. The second-order valence-electron chi connectivity index (χ2n) is 7.50. The predicted molar refractivity (Wildman–Crippen MR) is 118 cm³/mol. The summed E-state index contributed by atoms with van der Waals surface area (Å²) >= 11 is 0. The Labute approximate surface area is 182 Å². The number of hydrogen-bond donors (Lipinski definition) is 2.